The van der Waals surface area contributed by atoms with Crippen LogP contribution in [0.25, 0.3) is 11.2 Å². The zero-order valence-electron chi connectivity index (χ0n) is 21.5. The molecule has 2 aromatic heterocycles. The van der Waals surface area contributed by atoms with Crippen LogP contribution in [-0.4, -0.2) is 61.6 Å². The summed E-state index contributed by atoms with van der Waals surface area (Å²) in [6.07, 6.45) is -0.856. The predicted octanol–water partition coefficient (Wildman–Crippen LogP) is 3.05. The minimum atomic E-state index is -4.19. The molecule has 12 nitrogen and oxygen atoms in total. The van der Waals surface area contributed by atoms with Crippen LogP contribution in [0.2, 0.25) is 0 Å². The summed E-state index contributed by atoms with van der Waals surface area (Å²) in [5, 5.41) is 13.4. The standard InChI is InChI=1S/C24H32FN6O6P/c1-13(2)36-24(33)15(4)30-38(34,37-16-8-6-5-7-9-16)35-10-17-14(3)20(18(25)21(17)32)31-12-29-19-22(26)27-11-28-23(19)31/h5-9,11-15,17-18,20-21,32H,10H2,1-4H3,(H,30,34)(H2,26,27,28)/t14?,15-,17-,18-,20+,21+,38?/m0/s1. The van der Waals surface area contributed by atoms with E-state index in [0.29, 0.717) is 11.2 Å². The van der Waals surface area contributed by atoms with E-state index in [9.17, 15) is 14.5 Å². The van der Waals surface area contributed by atoms with Gasteiger partial charge >= 0.3 is 13.7 Å². The molecule has 0 amide bonds. The first-order valence-corrected chi connectivity index (χ1v) is 13.8. The average molecular weight is 551 g/mol. The molecule has 38 heavy (non-hydrogen) atoms. The molecule has 1 aromatic carbocycles. The lowest BCUT2D eigenvalue weighted by molar-refractivity contribution is -0.149. The predicted molar refractivity (Wildman–Crippen MR) is 137 cm³/mol. The van der Waals surface area contributed by atoms with Gasteiger partial charge in [0.2, 0.25) is 0 Å². The molecular formula is C24H32FN6O6P. The Morgan fingerprint density at radius 3 is 2.63 bits per heavy atom. The van der Waals surface area contributed by atoms with E-state index in [4.69, 9.17) is 19.5 Å². The first-order valence-electron chi connectivity index (χ1n) is 12.2. The van der Waals surface area contributed by atoms with E-state index in [-0.39, 0.29) is 24.3 Å². The highest BCUT2D eigenvalue weighted by atomic mass is 31.2. The number of rotatable bonds is 10. The van der Waals surface area contributed by atoms with Gasteiger partial charge in [-0.05, 0) is 38.8 Å². The van der Waals surface area contributed by atoms with Gasteiger partial charge in [0.1, 0.15) is 29.8 Å². The van der Waals surface area contributed by atoms with Crippen molar-refractivity contribution in [3.05, 3.63) is 43.0 Å². The number of nitrogens with two attached hydrogens (primary N) is 1. The number of anilines is 1. The highest BCUT2D eigenvalue weighted by Gasteiger charge is 2.51. The maximum absolute atomic E-state index is 15.5. The Labute approximate surface area is 219 Å². The Morgan fingerprint density at radius 1 is 1.24 bits per heavy atom. The number of benzene rings is 1. The molecule has 4 rings (SSSR count). The first-order chi connectivity index (χ1) is 18.0. The monoisotopic (exact) mass is 550 g/mol. The van der Waals surface area contributed by atoms with Crippen LogP contribution in [0.5, 0.6) is 5.75 Å². The molecule has 1 aliphatic carbocycles. The molecule has 7 atom stereocenters. The molecule has 2 unspecified atom stereocenters. The number of nitrogen functional groups attached to an aromatic ring is 1. The molecule has 0 bridgehead atoms. The van der Waals surface area contributed by atoms with Gasteiger partial charge in [-0.25, -0.2) is 23.9 Å². The second-order valence-electron chi connectivity index (χ2n) is 9.57. The lowest BCUT2D eigenvalue weighted by Crippen LogP contribution is -2.37. The quantitative estimate of drug-likeness (QED) is 0.251. The molecule has 1 saturated carbocycles. The largest absolute Gasteiger partial charge is 0.462 e. The molecule has 3 aromatic rings. The Hall–Kier alpha value is -3.12. The zero-order valence-corrected chi connectivity index (χ0v) is 22.4. The molecule has 1 aliphatic rings. The SMILES string of the molecule is CC(C)OC(=O)[C@H](C)NP(=O)(OC[C@H]1C(C)[C@@H](n2cnc3c(N)ncnc32)[C@H](F)[C@@H]1O)Oc1ccccc1. The van der Waals surface area contributed by atoms with Gasteiger partial charge in [-0.15, -0.1) is 0 Å². The van der Waals surface area contributed by atoms with Crippen molar-refractivity contribution in [1.29, 1.82) is 0 Å². The second-order valence-corrected chi connectivity index (χ2v) is 11.3. The van der Waals surface area contributed by atoms with Gasteiger partial charge in [-0.3, -0.25) is 9.32 Å². The molecule has 2 heterocycles. The summed E-state index contributed by atoms with van der Waals surface area (Å²) < 4.78 is 47.3. The van der Waals surface area contributed by atoms with Gasteiger partial charge in [0.05, 0.1) is 31.2 Å². The van der Waals surface area contributed by atoms with Crippen LogP contribution >= 0.6 is 7.75 Å². The summed E-state index contributed by atoms with van der Waals surface area (Å²) in [6, 6.07) is 6.39. The van der Waals surface area contributed by atoms with Crippen LogP contribution in [0.15, 0.2) is 43.0 Å². The molecule has 206 valence electrons. The highest BCUT2D eigenvalue weighted by molar-refractivity contribution is 7.52. The summed E-state index contributed by atoms with van der Waals surface area (Å²) in [7, 11) is -4.19. The number of hydrogen-bond acceptors (Lipinski definition) is 10. The number of halogens is 1. The third kappa shape index (κ3) is 5.80. The number of para-hydroxylation sites is 1. The number of hydrogen-bond donors (Lipinski definition) is 3. The third-order valence-electron chi connectivity index (χ3n) is 6.48. The summed E-state index contributed by atoms with van der Waals surface area (Å²) >= 11 is 0. The summed E-state index contributed by atoms with van der Waals surface area (Å²) in [4.78, 5) is 24.6. The minimum Gasteiger partial charge on any atom is -0.462 e. The van der Waals surface area contributed by atoms with E-state index in [2.05, 4.69) is 20.0 Å². The van der Waals surface area contributed by atoms with Gasteiger partial charge < -0.3 is 24.7 Å². The minimum absolute atomic E-state index is 0.158. The van der Waals surface area contributed by atoms with Crippen LogP contribution in [0.4, 0.5) is 10.2 Å². The smallest absolute Gasteiger partial charge is 0.459 e. The number of carbonyl (C=O) groups excluding carboxylic acids is 1. The normalized spacial score (nSPS) is 25.8. The fourth-order valence-electron chi connectivity index (χ4n) is 4.56. The van der Waals surface area contributed by atoms with Gasteiger partial charge in [0.25, 0.3) is 0 Å². The molecular weight excluding hydrogens is 518 g/mol. The fraction of sp³-hybridized carbons (Fsp3) is 0.500. The van der Waals surface area contributed by atoms with Crippen LogP contribution < -0.4 is 15.3 Å². The topological polar surface area (TPSA) is 164 Å². The number of nitrogens with zero attached hydrogens (tertiary/aromatic N) is 4. The van der Waals surface area contributed by atoms with Gasteiger partial charge in [0.15, 0.2) is 11.5 Å². The van der Waals surface area contributed by atoms with Crippen molar-refractivity contribution in [3.63, 3.8) is 0 Å². The third-order valence-corrected chi connectivity index (χ3v) is 8.12. The first kappa shape index (κ1) is 27.9. The molecule has 0 spiro atoms. The van der Waals surface area contributed by atoms with Crippen molar-refractivity contribution in [2.45, 2.75) is 58.2 Å². The van der Waals surface area contributed by atoms with E-state index < -0.39 is 49.9 Å². The number of nitrogens with one attached hydrogen (secondary N) is 1. The number of imidazole rings is 1. The second kappa shape index (κ2) is 11.3. The van der Waals surface area contributed by atoms with Crippen molar-refractivity contribution < 1.29 is 32.6 Å². The molecule has 0 aliphatic heterocycles. The van der Waals surface area contributed by atoms with E-state index in [1.54, 1.807) is 51.1 Å². The number of carbonyl (C=O) groups is 1. The summed E-state index contributed by atoms with van der Waals surface area (Å²) in [5.41, 5.74) is 6.53. The fourth-order valence-corrected chi connectivity index (χ4v) is 6.08. The average Bonchev–Trinajstić information content (AvgIpc) is 3.37. The van der Waals surface area contributed by atoms with Crippen LogP contribution in [-0.2, 0) is 18.6 Å². The number of aliphatic hydroxyl groups is 1. The van der Waals surface area contributed by atoms with Gasteiger partial charge in [0, 0.05) is 5.92 Å². The maximum Gasteiger partial charge on any atom is 0.459 e. The maximum atomic E-state index is 15.5. The van der Waals surface area contributed by atoms with Crippen molar-refractivity contribution in [2.75, 3.05) is 12.3 Å². The summed E-state index contributed by atoms with van der Waals surface area (Å²) in [6.45, 7) is 6.27. The molecule has 14 heteroatoms. The lowest BCUT2D eigenvalue weighted by Gasteiger charge is -2.26. The van der Waals surface area contributed by atoms with E-state index >= 15 is 4.39 Å². The number of aliphatic hydroxyl groups excluding tert-OH is 1. The molecule has 0 saturated heterocycles. The number of alkyl halides is 1. The Morgan fingerprint density at radius 2 is 1.95 bits per heavy atom. The number of fused-ring (bicyclic) bond motifs is 1. The Kier molecular flexibility index (Phi) is 8.31. The highest BCUT2D eigenvalue weighted by Crippen LogP contribution is 2.49. The van der Waals surface area contributed by atoms with Crippen molar-refractivity contribution in [3.8, 4) is 5.75 Å². The van der Waals surface area contributed by atoms with Crippen LogP contribution in [0, 0.1) is 11.8 Å². The Bertz CT molecular complexity index is 1310. The number of aromatic nitrogens is 4. The van der Waals surface area contributed by atoms with Crippen molar-refractivity contribution in [2.24, 2.45) is 11.8 Å². The molecule has 4 N–H and O–H groups in total. The lowest BCUT2D eigenvalue weighted by atomic mass is 9.95. The van der Waals surface area contributed by atoms with Crippen LogP contribution in [0.1, 0.15) is 33.7 Å². The van der Waals surface area contributed by atoms with E-state index in [0.717, 1.165) is 0 Å². The Balaban J connectivity index is 1.54. The zero-order chi connectivity index (χ0) is 27.6. The van der Waals surface area contributed by atoms with Gasteiger partial charge in [-0.2, -0.15) is 5.09 Å². The van der Waals surface area contributed by atoms with Gasteiger partial charge in [-0.1, -0.05) is 25.1 Å². The van der Waals surface area contributed by atoms with Crippen LogP contribution in [0.3, 0.4) is 0 Å². The van der Waals surface area contributed by atoms with Crippen molar-refractivity contribution in [1.82, 2.24) is 24.6 Å². The number of esters is 1. The summed E-state index contributed by atoms with van der Waals surface area (Å²) in [5.74, 6) is -1.53. The number of ether oxygens (including phenoxy) is 1. The van der Waals surface area contributed by atoms with E-state index in [1.165, 1.54) is 24.1 Å². The van der Waals surface area contributed by atoms with E-state index in [1.807, 2.05) is 0 Å². The molecule has 1 fully saturated rings. The van der Waals surface area contributed by atoms with Crippen molar-refractivity contribution >= 4 is 30.7 Å². The molecule has 0 radical (unpaired) electrons.